The number of aromatic nitrogens is 2. The van der Waals surface area contributed by atoms with Crippen molar-refractivity contribution in [2.24, 2.45) is 0 Å². The Bertz CT molecular complexity index is 1240. The van der Waals surface area contributed by atoms with E-state index < -0.39 is 0 Å². The molecular weight excluding hydrogens is 468 g/mol. The Balaban J connectivity index is 1.53. The Morgan fingerprint density at radius 2 is 1.70 bits per heavy atom. The van der Waals surface area contributed by atoms with E-state index in [9.17, 15) is 4.79 Å². The Morgan fingerprint density at radius 1 is 0.933 bits per heavy atom. The number of nitrogens with zero attached hydrogens (tertiary/aromatic N) is 1. The van der Waals surface area contributed by atoms with Gasteiger partial charge in [0.05, 0.1) is 15.6 Å². The van der Waals surface area contributed by atoms with Crippen molar-refractivity contribution in [2.75, 3.05) is 5.32 Å². The van der Waals surface area contributed by atoms with Crippen LogP contribution in [0.2, 0.25) is 20.1 Å². The Kier molecular flexibility index (Phi) is 6.06. The predicted molar refractivity (Wildman–Crippen MR) is 121 cm³/mol. The second-order valence-corrected chi connectivity index (χ2v) is 8.12. The first-order valence-electron chi connectivity index (χ1n) is 8.71. The first-order chi connectivity index (χ1) is 14.4. The number of carbonyl (C=O) groups is 1. The lowest BCUT2D eigenvalue weighted by Crippen LogP contribution is -2.12. The molecule has 0 bridgehead atoms. The van der Waals surface area contributed by atoms with E-state index in [1.54, 1.807) is 30.3 Å². The second kappa shape index (κ2) is 8.74. The summed E-state index contributed by atoms with van der Waals surface area (Å²) in [5.41, 5.74) is 1.95. The average Bonchev–Trinajstić information content (AvgIpc) is 3.10. The van der Waals surface area contributed by atoms with Crippen LogP contribution in [0.3, 0.4) is 0 Å². The van der Waals surface area contributed by atoms with Crippen molar-refractivity contribution in [3.8, 4) is 5.75 Å². The number of hydrogen-bond acceptors (Lipinski definition) is 3. The maximum absolute atomic E-state index is 12.6. The minimum Gasteiger partial charge on any atom is -0.489 e. The van der Waals surface area contributed by atoms with E-state index in [2.05, 4.69) is 15.5 Å². The van der Waals surface area contributed by atoms with Gasteiger partial charge in [0.2, 0.25) is 0 Å². The van der Waals surface area contributed by atoms with Crippen molar-refractivity contribution in [3.63, 3.8) is 0 Å². The van der Waals surface area contributed by atoms with E-state index in [0.717, 1.165) is 11.1 Å². The molecular formula is C21H13Cl4N3O2. The molecule has 0 unspecified atom stereocenters. The zero-order valence-electron chi connectivity index (χ0n) is 15.2. The number of ether oxygens (including phenoxy) is 1. The van der Waals surface area contributed by atoms with Gasteiger partial charge in [-0.3, -0.25) is 9.89 Å². The fourth-order valence-electron chi connectivity index (χ4n) is 2.84. The van der Waals surface area contributed by atoms with Gasteiger partial charge in [-0.25, -0.2) is 0 Å². The number of carbonyl (C=O) groups excluding carboxylic acids is 1. The molecule has 1 heterocycles. The Labute approximate surface area is 191 Å². The molecule has 0 saturated carbocycles. The van der Waals surface area contributed by atoms with Gasteiger partial charge in [-0.15, -0.1) is 0 Å². The van der Waals surface area contributed by atoms with Gasteiger partial charge in [0.1, 0.15) is 12.4 Å². The number of hydrogen-bond donors (Lipinski definition) is 2. The molecule has 3 aromatic carbocycles. The van der Waals surface area contributed by atoms with Crippen molar-refractivity contribution < 1.29 is 9.53 Å². The summed E-state index contributed by atoms with van der Waals surface area (Å²) in [6, 6.07) is 15.3. The number of halogens is 4. The summed E-state index contributed by atoms with van der Waals surface area (Å²) in [5, 5.41) is 12.2. The number of benzene rings is 3. The third kappa shape index (κ3) is 4.65. The summed E-state index contributed by atoms with van der Waals surface area (Å²) >= 11 is 23.9. The molecule has 0 aliphatic rings. The van der Waals surface area contributed by atoms with E-state index in [1.807, 2.05) is 12.1 Å². The quantitative estimate of drug-likeness (QED) is 0.323. The second-order valence-electron chi connectivity index (χ2n) is 6.43. The normalized spacial score (nSPS) is 10.9. The van der Waals surface area contributed by atoms with Crippen molar-refractivity contribution in [3.05, 3.63) is 85.8 Å². The molecule has 0 atom stereocenters. The topological polar surface area (TPSA) is 67.0 Å². The summed E-state index contributed by atoms with van der Waals surface area (Å²) in [4.78, 5) is 12.6. The first kappa shape index (κ1) is 20.8. The molecule has 1 amide bonds. The molecule has 5 nitrogen and oxygen atoms in total. The van der Waals surface area contributed by atoms with Gasteiger partial charge >= 0.3 is 0 Å². The van der Waals surface area contributed by atoms with Gasteiger partial charge in [0.15, 0.2) is 5.82 Å². The molecule has 1 aromatic heterocycles. The minimum absolute atomic E-state index is 0.308. The highest BCUT2D eigenvalue weighted by atomic mass is 35.5. The van der Waals surface area contributed by atoms with Gasteiger partial charge in [0, 0.05) is 21.0 Å². The lowest BCUT2D eigenvalue weighted by Gasteiger charge is -2.08. The molecule has 0 fully saturated rings. The lowest BCUT2D eigenvalue weighted by molar-refractivity contribution is 0.102. The zero-order chi connectivity index (χ0) is 21.3. The van der Waals surface area contributed by atoms with Crippen LogP contribution in [0.25, 0.3) is 10.9 Å². The predicted octanol–water partition coefficient (Wildman–Crippen LogP) is 7.01. The highest BCUT2D eigenvalue weighted by Crippen LogP contribution is 2.28. The Hall–Kier alpha value is -2.44. The number of anilines is 1. The fourth-order valence-corrected chi connectivity index (χ4v) is 3.69. The molecule has 2 N–H and O–H groups in total. The Morgan fingerprint density at radius 3 is 2.43 bits per heavy atom. The van der Waals surface area contributed by atoms with Gasteiger partial charge in [-0.05, 0) is 54.1 Å². The van der Waals surface area contributed by atoms with Crippen LogP contribution in [0.4, 0.5) is 5.82 Å². The highest BCUT2D eigenvalue weighted by Gasteiger charge is 2.13. The zero-order valence-corrected chi connectivity index (χ0v) is 18.2. The molecule has 152 valence electrons. The minimum atomic E-state index is -0.380. The van der Waals surface area contributed by atoms with E-state index >= 15 is 0 Å². The number of aromatic amines is 1. The fraction of sp³-hybridized carbons (Fsp3) is 0.0476. The summed E-state index contributed by atoms with van der Waals surface area (Å²) in [6.45, 7) is 0.308. The maximum atomic E-state index is 12.6. The summed E-state index contributed by atoms with van der Waals surface area (Å²) < 4.78 is 5.85. The molecule has 0 aliphatic heterocycles. The average molecular weight is 481 g/mol. The third-order valence-electron chi connectivity index (χ3n) is 4.28. The van der Waals surface area contributed by atoms with Crippen molar-refractivity contribution in [2.45, 2.75) is 6.61 Å². The highest BCUT2D eigenvalue weighted by molar-refractivity contribution is 6.42. The van der Waals surface area contributed by atoms with Crippen LogP contribution in [-0.2, 0) is 6.61 Å². The smallest absolute Gasteiger partial charge is 0.256 e. The molecule has 0 saturated heterocycles. The SMILES string of the molecule is O=C(Nc1n[nH]c2ccc(OCc3ccc(Cl)c(Cl)c3)cc12)c1cc(Cl)cc(Cl)c1. The van der Waals surface area contributed by atoms with E-state index in [-0.39, 0.29) is 5.91 Å². The molecule has 0 aliphatic carbocycles. The number of rotatable bonds is 5. The van der Waals surface area contributed by atoms with Crippen LogP contribution >= 0.6 is 46.4 Å². The van der Waals surface area contributed by atoms with Crippen molar-refractivity contribution in [1.29, 1.82) is 0 Å². The van der Waals surface area contributed by atoms with Crippen LogP contribution in [-0.4, -0.2) is 16.1 Å². The summed E-state index contributed by atoms with van der Waals surface area (Å²) in [7, 11) is 0. The standard InChI is InChI=1S/C21H13Cl4N3O2/c22-13-6-12(7-14(23)8-13)21(29)26-20-16-9-15(2-4-19(16)27-28-20)30-10-11-1-3-17(24)18(25)5-11/h1-9H,10H2,(H2,26,27,28,29). The van der Waals surface area contributed by atoms with Crippen LogP contribution in [0.5, 0.6) is 5.75 Å². The van der Waals surface area contributed by atoms with E-state index in [4.69, 9.17) is 51.1 Å². The molecule has 4 rings (SSSR count). The maximum Gasteiger partial charge on any atom is 0.256 e. The number of nitrogens with one attached hydrogen (secondary N) is 2. The molecule has 4 aromatic rings. The van der Waals surface area contributed by atoms with Crippen LogP contribution in [0, 0.1) is 0 Å². The van der Waals surface area contributed by atoms with Gasteiger partial charge in [-0.2, -0.15) is 5.10 Å². The van der Waals surface area contributed by atoms with Crippen LogP contribution in [0.1, 0.15) is 15.9 Å². The van der Waals surface area contributed by atoms with Gasteiger partial charge in [0.25, 0.3) is 5.91 Å². The van der Waals surface area contributed by atoms with Gasteiger partial charge < -0.3 is 10.1 Å². The molecule has 0 radical (unpaired) electrons. The number of H-pyrrole nitrogens is 1. The summed E-state index contributed by atoms with van der Waals surface area (Å²) in [6.07, 6.45) is 0. The lowest BCUT2D eigenvalue weighted by atomic mass is 10.2. The van der Waals surface area contributed by atoms with E-state index in [1.165, 1.54) is 12.1 Å². The van der Waals surface area contributed by atoms with Gasteiger partial charge in [-0.1, -0.05) is 52.5 Å². The van der Waals surface area contributed by atoms with Crippen LogP contribution in [0.15, 0.2) is 54.6 Å². The third-order valence-corrected chi connectivity index (χ3v) is 5.46. The molecule has 30 heavy (non-hydrogen) atoms. The van der Waals surface area contributed by atoms with Crippen molar-refractivity contribution in [1.82, 2.24) is 10.2 Å². The monoisotopic (exact) mass is 479 g/mol. The molecule has 0 spiro atoms. The number of fused-ring (bicyclic) bond motifs is 1. The van der Waals surface area contributed by atoms with Crippen molar-refractivity contribution >= 4 is 69.0 Å². The first-order valence-corrected chi connectivity index (χ1v) is 10.2. The molecule has 9 heteroatoms. The summed E-state index contributed by atoms with van der Waals surface area (Å²) in [5.74, 6) is 0.595. The number of amides is 1. The largest absolute Gasteiger partial charge is 0.489 e. The van der Waals surface area contributed by atoms with E-state index in [0.29, 0.717) is 49.2 Å². The van der Waals surface area contributed by atoms with Crippen LogP contribution < -0.4 is 10.1 Å².